The van der Waals surface area contributed by atoms with Gasteiger partial charge in [0.1, 0.15) is 5.52 Å². The van der Waals surface area contributed by atoms with Gasteiger partial charge in [0.15, 0.2) is 5.58 Å². The minimum absolute atomic E-state index is 0.655. The quantitative estimate of drug-likeness (QED) is 0.699. The summed E-state index contributed by atoms with van der Waals surface area (Å²) in [7, 11) is 0. The molecule has 1 aromatic carbocycles. The second kappa shape index (κ2) is 3.89. The molecule has 4 heteroatoms. The Hall–Kier alpha value is -1.81. The van der Waals surface area contributed by atoms with E-state index in [0.717, 1.165) is 22.4 Å². The maximum Gasteiger partial charge on any atom is 0.237 e. The Balaban J connectivity index is 2.14. The molecule has 0 fully saturated rings. The van der Waals surface area contributed by atoms with Crippen molar-refractivity contribution in [3.63, 3.8) is 0 Å². The predicted octanol–water partition coefficient (Wildman–Crippen LogP) is 3.70. The molecule has 0 amide bonds. The highest BCUT2D eigenvalue weighted by Crippen LogP contribution is 2.31. The third-order valence-electron chi connectivity index (χ3n) is 2.67. The lowest BCUT2D eigenvalue weighted by atomic mass is 10.3. The van der Waals surface area contributed by atoms with Gasteiger partial charge in [-0.2, -0.15) is 0 Å². The van der Waals surface area contributed by atoms with Crippen molar-refractivity contribution in [2.24, 2.45) is 0 Å². The Kier molecular flexibility index (Phi) is 2.37. The van der Waals surface area contributed by atoms with Gasteiger partial charge in [-0.3, -0.25) is 0 Å². The van der Waals surface area contributed by atoms with Crippen molar-refractivity contribution in [1.82, 2.24) is 4.98 Å². The number of nitrogens with two attached hydrogens (primary N) is 1. The van der Waals surface area contributed by atoms with Gasteiger partial charge in [0.25, 0.3) is 0 Å². The number of rotatable bonds is 2. The first kappa shape index (κ1) is 10.4. The fourth-order valence-corrected chi connectivity index (χ4v) is 2.63. The highest BCUT2D eigenvalue weighted by atomic mass is 32.1. The predicted molar refractivity (Wildman–Crippen MR) is 71.1 cm³/mol. The second-order valence-corrected chi connectivity index (χ2v) is 5.00. The SMILES string of the molecule is CCc1ccc(-c2nc3c(N)cccc3o2)s1. The van der Waals surface area contributed by atoms with Crippen LogP contribution in [0.1, 0.15) is 11.8 Å². The summed E-state index contributed by atoms with van der Waals surface area (Å²) in [6.07, 6.45) is 1.03. The number of oxazole rings is 1. The topological polar surface area (TPSA) is 52.0 Å². The van der Waals surface area contributed by atoms with E-state index < -0.39 is 0 Å². The minimum Gasteiger partial charge on any atom is -0.435 e. The van der Waals surface area contributed by atoms with E-state index in [1.165, 1.54) is 4.88 Å². The molecule has 0 aliphatic heterocycles. The average molecular weight is 244 g/mol. The molecular weight excluding hydrogens is 232 g/mol. The van der Waals surface area contributed by atoms with Crippen LogP contribution in [0.3, 0.4) is 0 Å². The van der Waals surface area contributed by atoms with Crippen LogP contribution in [-0.4, -0.2) is 4.98 Å². The van der Waals surface area contributed by atoms with Gasteiger partial charge in [-0.05, 0) is 30.7 Å². The zero-order valence-electron chi connectivity index (χ0n) is 9.43. The summed E-state index contributed by atoms with van der Waals surface area (Å²) in [6, 6.07) is 9.75. The van der Waals surface area contributed by atoms with Crippen LogP contribution < -0.4 is 5.73 Å². The van der Waals surface area contributed by atoms with Gasteiger partial charge in [-0.1, -0.05) is 13.0 Å². The fraction of sp³-hybridized carbons (Fsp3) is 0.154. The molecule has 2 heterocycles. The van der Waals surface area contributed by atoms with Crippen LogP contribution in [0.4, 0.5) is 5.69 Å². The van der Waals surface area contributed by atoms with Gasteiger partial charge in [-0.15, -0.1) is 11.3 Å². The van der Waals surface area contributed by atoms with Crippen molar-refractivity contribution >= 4 is 28.1 Å². The van der Waals surface area contributed by atoms with Crippen molar-refractivity contribution < 1.29 is 4.42 Å². The van der Waals surface area contributed by atoms with Gasteiger partial charge < -0.3 is 10.2 Å². The smallest absolute Gasteiger partial charge is 0.237 e. The van der Waals surface area contributed by atoms with E-state index in [0.29, 0.717) is 11.6 Å². The number of nitrogens with zero attached hydrogens (tertiary/aromatic N) is 1. The van der Waals surface area contributed by atoms with E-state index >= 15 is 0 Å². The summed E-state index contributed by atoms with van der Waals surface area (Å²) in [4.78, 5) is 6.83. The van der Waals surface area contributed by atoms with Crippen molar-refractivity contribution in [3.8, 4) is 10.8 Å². The number of anilines is 1. The van der Waals surface area contributed by atoms with Crippen LogP contribution >= 0.6 is 11.3 Å². The first-order chi connectivity index (χ1) is 8.28. The van der Waals surface area contributed by atoms with Gasteiger partial charge in [0.2, 0.25) is 5.89 Å². The van der Waals surface area contributed by atoms with Gasteiger partial charge >= 0.3 is 0 Å². The third kappa shape index (κ3) is 1.70. The molecule has 2 N–H and O–H groups in total. The highest BCUT2D eigenvalue weighted by Gasteiger charge is 2.11. The molecule has 17 heavy (non-hydrogen) atoms. The third-order valence-corrected chi connectivity index (χ3v) is 3.89. The van der Waals surface area contributed by atoms with E-state index in [1.54, 1.807) is 11.3 Å². The van der Waals surface area contributed by atoms with Crippen LogP contribution in [0.15, 0.2) is 34.7 Å². The van der Waals surface area contributed by atoms with Crippen LogP contribution in [-0.2, 0) is 6.42 Å². The number of hydrogen-bond donors (Lipinski definition) is 1. The van der Waals surface area contributed by atoms with Crippen molar-refractivity contribution in [1.29, 1.82) is 0 Å². The molecule has 0 atom stereocenters. The average Bonchev–Trinajstić information content (AvgIpc) is 2.95. The number of aryl methyl sites for hydroxylation is 1. The lowest BCUT2D eigenvalue weighted by Gasteiger charge is -1.89. The van der Waals surface area contributed by atoms with E-state index in [4.69, 9.17) is 10.2 Å². The molecule has 3 nitrogen and oxygen atoms in total. The van der Waals surface area contributed by atoms with Gasteiger partial charge in [0, 0.05) is 4.88 Å². The molecule has 3 rings (SSSR count). The molecule has 0 unspecified atom stereocenters. The van der Waals surface area contributed by atoms with E-state index in [1.807, 2.05) is 24.3 Å². The van der Waals surface area contributed by atoms with E-state index in [-0.39, 0.29) is 0 Å². The summed E-state index contributed by atoms with van der Waals surface area (Å²) >= 11 is 1.71. The van der Waals surface area contributed by atoms with Crippen LogP contribution in [0.5, 0.6) is 0 Å². The molecule has 0 aliphatic carbocycles. The second-order valence-electron chi connectivity index (χ2n) is 3.83. The van der Waals surface area contributed by atoms with Gasteiger partial charge in [0.05, 0.1) is 10.6 Å². The summed E-state index contributed by atoms with van der Waals surface area (Å²) in [5.74, 6) is 0.655. The van der Waals surface area contributed by atoms with Crippen molar-refractivity contribution in [3.05, 3.63) is 35.2 Å². The highest BCUT2D eigenvalue weighted by molar-refractivity contribution is 7.15. The normalized spacial score (nSPS) is 11.1. The molecule has 0 bridgehead atoms. The van der Waals surface area contributed by atoms with Crippen molar-refractivity contribution in [2.75, 3.05) is 5.73 Å². The van der Waals surface area contributed by atoms with Crippen LogP contribution in [0, 0.1) is 0 Å². The van der Waals surface area contributed by atoms with Crippen LogP contribution in [0.25, 0.3) is 21.9 Å². The first-order valence-electron chi connectivity index (χ1n) is 5.52. The zero-order valence-corrected chi connectivity index (χ0v) is 10.3. The fourth-order valence-electron chi connectivity index (χ4n) is 1.76. The number of benzene rings is 1. The van der Waals surface area contributed by atoms with E-state index in [2.05, 4.69) is 18.0 Å². The summed E-state index contributed by atoms with van der Waals surface area (Å²) < 4.78 is 5.71. The molecule has 86 valence electrons. The van der Waals surface area contributed by atoms with Crippen LogP contribution in [0.2, 0.25) is 0 Å². The first-order valence-corrected chi connectivity index (χ1v) is 6.33. The zero-order chi connectivity index (χ0) is 11.8. The standard InChI is InChI=1S/C13H12N2OS/c1-2-8-6-7-11(17-8)13-15-12-9(14)4-3-5-10(12)16-13/h3-7H,2,14H2,1H3. The maximum absolute atomic E-state index is 5.86. The largest absolute Gasteiger partial charge is 0.435 e. The molecule has 3 aromatic rings. The molecule has 0 saturated heterocycles. The Morgan fingerprint density at radius 1 is 1.29 bits per heavy atom. The maximum atomic E-state index is 5.86. The number of fused-ring (bicyclic) bond motifs is 1. The summed E-state index contributed by atoms with van der Waals surface area (Å²) in [5, 5.41) is 0. The molecule has 0 saturated carbocycles. The van der Waals surface area contributed by atoms with E-state index in [9.17, 15) is 0 Å². The van der Waals surface area contributed by atoms with Crippen molar-refractivity contribution in [2.45, 2.75) is 13.3 Å². The number of aromatic nitrogens is 1. The summed E-state index contributed by atoms with van der Waals surface area (Å²) in [6.45, 7) is 2.14. The molecule has 0 aliphatic rings. The lowest BCUT2D eigenvalue weighted by Crippen LogP contribution is -1.84. The molecule has 0 radical (unpaired) electrons. The monoisotopic (exact) mass is 244 g/mol. The Labute approximate surface area is 103 Å². The number of thiophene rings is 1. The number of para-hydroxylation sites is 1. The molecule has 0 spiro atoms. The number of nitrogen functional groups attached to an aromatic ring is 1. The Morgan fingerprint density at radius 3 is 2.88 bits per heavy atom. The Bertz CT molecular complexity index is 669. The lowest BCUT2D eigenvalue weighted by molar-refractivity contribution is 0.621. The number of hydrogen-bond acceptors (Lipinski definition) is 4. The Morgan fingerprint density at radius 2 is 2.18 bits per heavy atom. The minimum atomic E-state index is 0.655. The van der Waals surface area contributed by atoms with Gasteiger partial charge in [-0.25, -0.2) is 4.98 Å². The summed E-state index contributed by atoms with van der Waals surface area (Å²) in [5.41, 5.74) is 8.00. The molecular formula is C13H12N2OS. The molecule has 2 aromatic heterocycles.